The zero-order valence-corrected chi connectivity index (χ0v) is 24.6. The van der Waals surface area contributed by atoms with Gasteiger partial charge in [-0.2, -0.15) is 4.31 Å². The molecule has 1 amide bonds. The van der Waals surface area contributed by atoms with Gasteiger partial charge in [0.2, 0.25) is 5.91 Å². The first kappa shape index (κ1) is 33.8. The van der Waals surface area contributed by atoms with Crippen LogP contribution in [-0.4, -0.2) is 104 Å². The maximum atomic E-state index is 12.9. The zero-order valence-electron chi connectivity index (χ0n) is 23.7. The number of amides is 1. The Morgan fingerprint density at radius 3 is 2.61 bits per heavy atom. The van der Waals surface area contributed by atoms with E-state index < -0.39 is 28.2 Å². The predicted octanol–water partition coefficient (Wildman–Crippen LogP) is 1.61. The van der Waals surface area contributed by atoms with E-state index in [1.165, 1.54) is 16.6 Å². The molecule has 1 aliphatic rings. The standard InChI is InChI=1S/C18H30N4O4S.C8H17N3/c1-12(2)10-14(19)18(24)21-15-8-7-13(3)22(11-16(15)23)27(25,26)17-6-4-5-9-20-17;1-4-9-8-10-6-5-7-11(2)3/h4-6,9,12-16,23H,7-8,10-11,19H2,1-3H3,(H,21,24);4-7H2,1-3H3/t13-,14+,15+,16?;/m1./s1. The fourth-order valence-electron chi connectivity index (χ4n) is 3.91. The van der Waals surface area contributed by atoms with Crippen LogP contribution in [0.1, 0.15) is 53.4 Å². The van der Waals surface area contributed by atoms with Crippen molar-refractivity contribution in [3.8, 4) is 0 Å². The molecule has 0 spiro atoms. The Morgan fingerprint density at radius 1 is 1.32 bits per heavy atom. The summed E-state index contributed by atoms with van der Waals surface area (Å²) in [6.07, 6.45) is 3.00. The van der Waals surface area contributed by atoms with Crippen LogP contribution in [0.15, 0.2) is 39.4 Å². The Balaban J connectivity index is 0.000000554. The maximum absolute atomic E-state index is 12.9. The average Bonchev–Trinajstić information content (AvgIpc) is 3.00. The molecule has 1 aliphatic heterocycles. The minimum Gasteiger partial charge on any atom is -0.390 e. The number of hydrogen-bond acceptors (Lipinski definition) is 9. The second-order valence-electron chi connectivity index (χ2n) is 10.2. The van der Waals surface area contributed by atoms with E-state index >= 15 is 0 Å². The number of aliphatic hydroxyl groups excluding tert-OH is 1. The molecule has 11 nitrogen and oxygen atoms in total. The van der Waals surface area contributed by atoms with Crippen molar-refractivity contribution in [2.75, 3.05) is 40.3 Å². The molecule has 1 saturated heterocycles. The summed E-state index contributed by atoms with van der Waals surface area (Å²) in [5.74, 6) is -0.0368. The Bertz CT molecular complexity index is 983. The number of sulfonamides is 1. The van der Waals surface area contributed by atoms with Crippen LogP contribution in [0, 0.1) is 5.92 Å². The van der Waals surface area contributed by atoms with E-state index in [9.17, 15) is 18.3 Å². The van der Waals surface area contributed by atoms with Crippen LogP contribution in [0.5, 0.6) is 0 Å². The van der Waals surface area contributed by atoms with Crippen molar-refractivity contribution in [3.05, 3.63) is 24.4 Å². The van der Waals surface area contributed by atoms with Crippen molar-refractivity contribution in [3.63, 3.8) is 0 Å². The van der Waals surface area contributed by atoms with E-state index in [-0.39, 0.29) is 29.4 Å². The van der Waals surface area contributed by atoms with Crippen molar-refractivity contribution in [1.82, 2.24) is 19.5 Å². The number of nitrogens with zero attached hydrogens (tertiary/aromatic N) is 5. The number of aromatic nitrogens is 1. The molecule has 1 aromatic heterocycles. The van der Waals surface area contributed by atoms with Gasteiger partial charge in [0.1, 0.15) is 0 Å². The van der Waals surface area contributed by atoms with Crippen LogP contribution in [0.3, 0.4) is 0 Å². The van der Waals surface area contributed by atoms with Crippen molar-refractivity contribution in [2.45, 2.75) is 82.6 Å². The molecule has 4 N–H and O–H groups in total. The van der Waals surface area contributed by atoms with Crippen LogP contribution in [0.25, 0.3) is 0 Å². The minimum atomic E-state index is -3.83. The van der Waals surface area contributed by atoms with E-state index in [1.54, 1.807) is 19.1 Å². The van der Waals surface area contributed by atoms with Gasteiger partial charge in [0.15, 0.2) is 5.03 Å². The smallest absolute Gasteiger partial charge is 0.260 e. The third-order valence-corrected chi connectivity index (χ3v) is 7.89. The summed E-state index contributed by atoms with van der Waals surface area (Å²) in [6.45, 7) is 10.3. The lowest BCUT2D eigenvalue weighted by Crippen LogP contribution is -2.52. The molecule has 0 aromatic carbocycles. The normalized spacial score (nSPS) is 21.1. The molecule has 1 fully saturated rings. The molecule has 1 aromatic rings. The van der Waals surface area contributed by atoms with Gasteiger partial charge in [-0.25, -0.2) is 23.4 Å². The summed E-state index contributed by atoms with van der Waals surface area (Å²) < 4.78 is 27.1. The first-order valence-corrected chi connectivity index (χ1v) is 14.7. The first-order chi connectivity index (χ1) is 17.9. The molecule has 2 rings (SSSR count). The van der Waals surface area contributed by atoms with Gasteiger partial charge in [0.05, 0.1) is 30.7 Å². The second-order valence-corrected chi connectivity index (χ2v) is 12.0. The van der Waals surface area contributed by atoms with Gasteiger partial charge < -0.3 is 21.1 Å². The minimum absolute atomic E-state index is 0.0505. The van der Waals surface area contributed by atoms with Gasteiger partial charge in [-0.05, 0) is 78.2 Å². The lowest BCUT2D eigenvalue weighted by Gasteiger charge is -2.28. The van der Waals surface area contributed by atoms with Gasteiger partial charge in [-0.1, -0.05) is 19.9 Å². The predicted molar refractivity (Wildman–Crippen MR) is 151 cm³/mol. The summed E-state index contributed by atoms with van der Waals surface area (Å²) >= 11 is 0. The fraction of sp³-hybridized carbons (Fsp3) is 0.731. The number of aliphatic imine (C=N–C) groups is 2. The Kier molecular flexibility index (Phi) is 15.5. The monoisotopic (exact) mass is 553 g/mol. The quantitative estimate of drug-likeness (QED) is 0.278. The molecule has 0 aliphatic carbocycles. The van der Waals surface area contributed by atoms with Gasteiger partial charge in [0, 0.05) is 25.3 Å². The van der Waals surface area contributed by atoms with E-state index in [0.29, 0.717) is 19.3 Å². The highest BCUT2D eigenvalue weighted by Gasteiger charge is 2.37. The third kappa shape index (κ3) is 12.1. The molecular weight excluding hydrogens is 506 g/mol. The number of pyridine rings is 1. The molecule has 0 saturated carbocycles. The number of hydrogen-bond donors (Lipinski definition) is 3. The van der Waals surface area contributed by atoms with E-state index in [0.717, 1.165) is 26.1 Å². The Morgan fingerprint density at radius 2 is 2.03 bits per heavy atom. The Labute approximate surface area is 228 Å². The summed E-state index contributed by atoms with van der Waals surface area (Å²) in [5, 5.41) is 13.3. The first-order valence-electron chi connectivity index (χ1n) is 13.3. The van der Waals surface area contributed by atoms with Gasteiger partial charge in [0.25, 0.3) is 10.0 Å². The van der Waals surface area contributed by atoms with Crippen LogP contribution in [0.4, 0.5) is 0 Å². The highest BCUT2D eigenvalue weighted by atomic mass is 32.2. The molecule has 0 radical (unpaired) electrons. The number of carbonyl (C=O) groups is 1. The summed E-state index contributed by atoms with van der Waals surface area (Å²) in [5.41, 5.74) is 5.91. The van der Waals surface area contributed by atoms with Crippen LogP contribution in [0.2, 0.25) is 0 Å². The lowest BCUT2D eigenvalue weighted by atomic mass is 10.0. The molecule has 4 atom stereocenters. The Hall–Kier alpha value is -2.21. The van der Waals surface area contributed by atoms with Gasteiger partial charge in [-0.15, -0.1) is 0 Å². The summed E-state index contributed by atoms with van der Waals surface area (Å²) in [4.78, 5) is 26.2. The summed E-state index contributed by atoms with van der Waals surface area (Å²) in [7, 11) is 0.292. The molecule has 216 valence electrons. The van der Waals surface area contributed by atoms with Crippen molar-refractivity contribution >= 4 is 21.9 Å². The molecular formula is C26H47N7O4S. The average molecular weight is 554 g/mol. The zero-order chi connectivity index (χ0) is 28.7. The van der Waals surface area contributed by atoms with E-state index in [4.69, 9.17) is 5.73 Å². The van der Waals surface area contributed by atoms with Crippen molar-refractivity contribution in [1.29, 1.82) is 0 Å². The number of nitrogens with one attached hydrogen (secondary N) is 1. The van der Waals surface area contributed by atoms with Crippen molar-refractivity contribution in [2.24, 2.45) is 21.6 Å². The number of carbonyl (C=O) groups excluding carboxylic acids is 1. The molecule has 12 heteroatoms. The maximum Gasteiger partial charge on any atom is 0.260 e. The van der Waals surface area contributed by atoms with Gasteiger partial charge >= 0.3 is 0 Å². The number of nitrogens with two attached hydrogens (primary N) is 1. The highest BCUT2D eigenvalue weighted by molar-refractivity contribution is 7.89. The van der Waals surface area contributed by atoms with Crippen molar-refractivity contribution < 1.29 is 18.3 Å². The number of β-amino-alcohol motifs (C(OH)–C–C–N with tert-alkyl or cyclic N) is 1. The molecule has 38 heavy (non-hydrogen) atoms. The lowest BCUT2D eigenvalue weighted by molar-refractivity contribution is -0.124. The molecule has 0 bridgehead atoms. The molecule has 1 unspecified atom stereocenters. The second kappa shape index (κ2) is 17.4. The van der Waals surface area contributed by atoms with Crippen LogP contribution < -0.4 is 11.1 Å². The number of aliphatic hydroxyl groups is 1. The van der Waals surface area contributed by atoms with Crippen LogP contribution in [-0.2, 0) is 14.8 Å². The largest absolute Gasteiger partial charge is 0.390 e. The fourth-order valence-corrected chi connectivity index (χ4v) is 5.53. The summed E-state index contributed by atoms with van der Waals surface area (Å²) in [6, 6.07) is 5.82. The van der Waals surface area contributed by atoms with E-state index in [1.807, 2.05) is 20.8 Å². The topological polar surface area (TPSA) is 154 Å². The van der Waals surface area contributed by atoms with E-state index in [2.05, 4.69) is 45.3 Å². The number of rotatable bonds is 11. The molecule has 2 heterocycles. The highest BCUT2D eigenvalue weighted by Crippen LogP contribution is 2.24. The SMILES string of the molecule is CC(C)C[C@H](N)C(=O)N[C@H]1CC[C@@H](C)N(S(=O)(=O)c2ccccn2)CC1O.CCN=C=NCCCN(C)C. The third-order valence-electron chi connectivity index (χ3n) is 5.99. The van der Waals surface area contributed by atoms with Crippen LogP contribution >= 0.6 is 0 Å². The van der Waals surface area contributed by atoms with Gasteiger partial charge in [-0.3, -0.25) is 4.79 Å².